The molecule has 0 aliphatic carbocycles. The van der Waals surface area contributed by atoms with Crippen LogP contribution in [-0.4, -0.2) is 46.0 Å². The lowest BCUT2D eigenvalue weighted by atomic mass is 10.0. The molecule has 1 atom stereocenters. The summed E-state index contributed by atoms with van der Waals surface area (Å²) in [5.41, 5.74) is 8.37. The number of aromatic nitrogens is 2. The van der Waals surface area contributed by atoms with Gasteiger partial charge < -0.3 is 20.5 Å². The van der Waals surface area contributed by atoms with Gasteiger partial charge in [-0.05, 0) is 37.0 Å². The average molecular weight is 316 g/mol. The molecule has 7 heteroatoms. The van der Waals surface area contributed by atoms with Crippen LogP contribution in [0.15, 0.2) is 24.3 Å². The van der Waals surface area contributed by atoms with E-state index in [0.717, 1.165) is 29.7 Å². The third-order valence-corrected chi connectivity index (χ3v) is 4.25. The Morgan fingerprint density at radius 3 is 3.00 bits per heavy atom. The number of nitrogens with one attached hydrogen (secondary N) is 1. The highest BCUT2D eigenvalue weighted by Gasteiger charge is 2.28. The summed E-state index contributed by atoms with van der Waals surface area (Å²) in [6.07, 6.45) is 1.66. The first-order chi connectivity index (χ1) is 11.1. The number of amides is 1. The number of nitrogens with two attached hydrogens (primary N) is 1. The van der Waals surface area contributed by atoms with Crippen molar-refractivity contribution in [2.75, 3.05) is 19.4 Å². The number of aromatic amines is 1. The number of benzene rings is 1. The number of likely N-dealkylation sites (tertiary alicyclic amines) is 1. The highest BCUT2D eigenvalue weighted by Crippen LogP contribution is 2.31. The summed E-state index contributed by atoms with van der Waals surface area (Å²) in [4.78, 5) is 12.8. The van der Waals surface area contributed by atoms with E-state index in [9.17, 15) is 9.90 Å². The zero-order chi connectivity index (χ0) is 16.4. The van der Waals surface area contributed by atoms with Crippen molar-refractivity contribution in [1.82, 2.24) is 15.1 Å². The number of hydrogen-bond acceptors (Lipinski definition) is 4. The van der Waals surface area contributed by atoms with Crippen molar-refractivity contribution >= 4 is 11.9 Å². The minimum Gasteiger partial charge on any atom is -0.496 e. The molecule has 0 saturated carbocycles. The van der Waals surface area contributed by atoms with Crippen LogP contribution in [0.25, 0.3) is 11.3 Å². The van der Waals surface area contributed by atoms with Gasteiger partial charge in [0.05, 0.1) is 12.8 Å². The molecule has 1 aliphatic rings. The van der Waals surface area contributed by atoms with Gasteiger partial charge in [0.25, 0.3) is 0 Å². The molecule has 122 valence electrons. The number of carbonyl (C=O) groups is 1. The van der Waals surface area contributed by atoms with Gasteiger partial charge in [0, 0.05) is 24.2 Å². The number of methoxy groups -OCH3 is 1. The Balaban J connectivity index is 1.83. The molecule has 0 radical (unpaired) electrons. The highest BCUT2D eigenvalue weighted by molar-refractivity contribution is 5.69. The fourth-order valence-electron chi connectivity index (χ4n) is 3.13. The molecule has 1 aromatic carbocycles. The number of ether oxygens (including phenoxy) is 1. The molecule has 1 amide bonds. The first-order valence-electron chi connectivity index (χ1n) is 7.56. The van der Waals surface area contributed by atoms with Crippen molar-refractivity contribution in [2.45, 2.75) is 25.3 Å². The molecule has 0 unspecified atom stereocenters. The fraction of sp³-hybridized carbons (Fsp3) is 0.375. The molecule has 7 nitrogen and oxygen atoms in total. The van der Waals surface area contributed by atoms with Crippen LogP contribution >= 0.6 is 0 Å². The maximum Gasteiger partial charge on any atom is 0.407 e. The van der Waals surface area contributed by atoms with Crippen LogP contribution in [0.3, 0.4) is 0 Å². The molecule has 23 heavy (non-hydrogen) atoms. The lowest BCUT2D eigenvalue weighted by molar-refractivity contribution is 0.140. The van der Waals surface area contributed by atoms with Gasteiger partial charge in [-0.2, -0.15) is 5.10 Å². The number of rotatable bonds is 4. The summed E-state index contributed by atoms with van der Waals surface area (Å²) in [5, 5.41) is 16.0. The smallest absolute Gasteiger partial charge is 0.407 e. The van der Waals surface area contributed by atoms with E-state index in [1.165, 1.54) is 4.90 Å². The minimum atomic E-state index is -0.843. The summed E-state index contributed by atoms with van der Waals surface area (Å²) in [7, 11) is 1.61. The number of H-pyrrole nitrogens is 1. The molecule has 1 fully saturated rings. The number of nitrogen functional groups attached to an aromatic ring is 1. The Labute approximate surface area is 134 Å². The molecule has 0 spiro atoms. The third-order valence-electron chi connectivity index (χ3n) is 4.25. The molecular weight excluding hydrogens is 296 g/mol. The summed E-state index contributed by atoms with van der Waals surface area (Å²) < 4.78 is 5.47. The maximum absolute atomic E-state index is 11.2. The summed E-state index contributed by atoms with van der Waals surface area (Å²) in [6.45, 7) is 0.614. The maximum atomic E-state index is 11.2. The van der Waals surface area contributed by atoms with Crippen LogP contribution in [0.2, 0.25) is 0 Å². The molecule has 0 bridgehead atoms. The van der Waals surface area contributed by atoms with E-state index >= 15 is 0 Å². The van der Waals surface area contributed by atoms with E-state index in [4.69, 9.17) is 10.5 Å². The molecular formula is C16H20N4O3. The molecule has 4 N–H and O–H groups in total. The second-order valence-corrected chi connectivity index (χ2v) is 5.72. The van der Waals surface area contributed by atoms with Crippen LogP contribution in [-0.2, 0) is 6.42 Å². The third kappa shape index (κ3) is 3.08. The Bertz CT molecular complexity index is 713. The van der Waals surface area contributed by atoms with Crippen molar-refractivity contribution in [3.63, 3.8) is 0 Å². The second-order valence-electron chi connectivity index (χ2n) is 5.72. The van der Waals surface area contributed by atoms with E-state index in [1.807, 2.05) is 18.2 Å². The quantitative estimate of drug-likeness (QED) is 0.803. The standard InChI is InChI=1S/C16H20N4O3/c1-23-14-8-10(7-11-3-2-6-20(11)16(21)22)4-5-12(14)13-9-15(17)19-18-13/h4-5,8-9,11H,2-3,6-7H2,1H3,(H,21,22)(H3,17,18,19)/t11-/m1/s1. The SMILES string of the molecule is COc1cc(C[C@H]2CCCN2C(=O)O)ccc1-c1cc(N)n[nH]1. The molecule has 1 aliphatic heterocycles. The Morgan fingerprint density at radius 1 is 1.52 bits per heavy atom. The average Bonchev–Trinajstić information content (AvgIpc) is 3.16. The molecule has 1 aromatic heterocycles. The highest BCUT2D eigenvalue weighted by atomic mass is 16.5. The van der Waals surface area contributed by atoms with Gasteiger partial charge in [0.1, 0.15) is 11.6 Å². The van der Waals surface area contributed by atoms with Gasteiger partial charge >= 0.3 is 6.09 Å². The normalized spacial score (nSPS) is 17.4. The van der Waals surface area contributed by atoms with E-state index in [2.05, 4.69) is 10.2 Å². The van der Waals surface area contributed by atoms with Gasteiger partial charge in [0.15, 0.2) is 0 Å². The first kappa shape index (κ1) is 15.2. The summed E-state index contributed by atoms with van der Waals surface area (Å²) >= 11 is 0. The lowest BCUT2D eigenvalue weighted by Gasteiger charge is -2.22. The van der Waals surface area contributed by atoms with Crippen molar-refractivity contribution in [3.05, 3.63) is 29.8 Å². The predicted molar refractivity (Wildman–Crippen MR) is 86.4 cm³/mol. The number of hydrogen-bond donors (Lipinski definition) is 3. The monoisotopic (exact) mass is 316 g/mol. The Hall–Kier alpha value is -2.70. The van der Waals surface area contributed by atoms with Crippen molar-refractivity contribution < 1.29 is 14.6 Å². The number of nitrogens with zero attached hydrogens (tertiary/aromatic N) is 2. The predicted octanol–water partition coefficient (Wildman–Crippen LogP) is 2.35. The van der Waals surface area contributed by atoms with Crippen LogP contribution < -0.4 is 10.5 Å². The second kappa shape index (κ2) is 6.20. The Morgan fingerprint density at radius 2 is 2.35 bits per heavy atom. The van der Waals surface area contributed by atoms with Gasteiger partial charge in [-0.1, -0.05) is 6.07 Å². The van der Waals surface area contributed by atoms with Crippen molar-refractivity contribution in [2.24, 2.45) is 0 Å². The van der Waals surface area contributed by atoms with Gasteiger partial charge in [-0.15, -0.1) is 0 Å². The topological polar surface area (TPSA) is 104 Å². The molecule has 2 heterocycles. The van der Waals surface area contributed by atoms with Gasteiger partial charge in [0.2, 0.25) is 0 Å². The van der Waals surface area contributed by atoms with Crippen LogP contribution in [0.5, 0.6) is 5.75 Å². The van der Waals surface area contributed by atoms with Crippen LogP contribution in [0.1, 0.15) is 18.4 Å². The van der Waals surface area contributed by atoms with Crippen molar-refractivity contribution in [3.8, 4) is 17.0 Å². The van der Waals surface area contributed by atoms with Gasteiger partial charge in [-0.25, -0.2) is 4.79 Å². The zero-order valence-corrected chi connectivity index (χ0v) is 13.0. The van der Waals surface area contributed by atoms with E-state index < -0.39 is 6.09 Å². The summed E-state index contributed by atoms with van der Waals surface area (Å²) in [6, 6.07) is 7.67. The largest absolute Gasteiger partial charge is 0.496 e. The minimum absolute atomic E-state index is 0.0332. The first-order valence-corrected chi connectivity index (χ1v) is 7.56. The number of carboxylic acid groups (broad SMARTS) is 1. The lowest BCUT2D eigenvalue weighted by Crippen LogP contribution is -2.35. The van der Waals surface area contributed by atoms with E-state index in [-0.39, 0.29) is 6.04 Å². The van der Waals surface area contributed by atoms with Crippen molar-refractivity contribution in [1.29, 1.82) is 0 Å². The zero-order valence-electron chi connectivity index (χ0n) is 13.0. The van der Waals surface area contributed by atoms with Gasteiger partial charge in [-0.3, -0.25) is 5.10 Å². The Kier molecular flexibility index (Phi) is 4.10. The van der Waals surface area contributed by atoms with E-state index in [0.29, 0.717) is 24.5 Å². The fourth-order valence-corrected chi connectivity index (χ4v) is 3.13. The molecule has 3 rings (SSSR count). The number of anilines is 1. The van der Waals surface area contributed by atoms with E-state index in [1.54, 1.807) is 13.2 Å². The molecule has 1 saturated heterocycles. The van der Waals surface area contributed by atoms with Crippen LogP contribution in [0.4, 0.5) is 10.6 Å². The van der Waals surface area contributed by atoms with Crippen LogP contribution in [0, 0.1) is 0 Å². The molecule has 2 aromatic rings. The summed E-state index contributed by atoms with van der Waals surface area (Å²) in [5.74, 6) is 1.14.